The van der Waals surface area contributed by atoms with Gasteiger partial charge in [-0.3, -0.25) is 9.69 Å². The van der Waals surface area contributed by atoms with Crippen LogP contribution in [0.4, 0.5) is 0 Å². The predicted molar refractivity (Wildman–Crippen MR) is 61.5 cm³/mol. The number of carbonyl (C=O) groups excluding carboxylic acids is 1. The van der Waals surface area contributed by atoms with Crippen molar-refractivity contribution in [2.75, 3.05) is 20.1 Å². The lowest BCUT2D eigenvalue weighted by Crippen LogP contribution is -2.46. The van der Waals surface area contributed by atoms with Gasteiger partial charge in [-0.2, -0.15) is 0 Å². The van der Waals surface area contributed by atoms with E-state index in [9.17, 15) is 4.79 Å². The molecule has 4 heteroatoms. The van der Waals surface area contributed by atoms with Crippen molar-refractivity contribution in [2.24, 2.45) is 5.73 Å². The maximum absolute atomic E-state index is 11.3. The second-order valence-corrected chi connectivity index (χ2v) is 4.32. The second-order valence-electron chi connectivity index (χ2n) is 4.32. The third-order valence-electron chi connectivity index (χ3n) is 3.24. The fraction of sp³-hybridized carbons (Fsp3) is 0.909. The molecule has 88 valence electrons. The molecule has 1 saturated carbocycles. The molecule has 0 spiro atoms. The number of nitrogens with one attached hydrogen (secondary N) is 1. The summed E-state index contributed by atoms with van der Waals surface area (Å²) in [5.74, 6) is 0.0935. The summed E-state index contributed by atoms with van der Waals surface area (Å²) in [4.78, 5) is 13.6. The number of carbonyl (C=O) groups is 1. The third-order valence-corrected chi connectivity index (χ3v) is 3.24. The van der Waals surface area contributed by atoms with Crippen molar-refractivity contribution < 1.29 is 4.79 Å². The zero-order chi connectivity index (χ0) is 11.3. The van der Waals surface area contributed by atoms with Gasteiger partial charge in [0.05, 0.1) is 6.54 Å². The van der Waals surface area contributed by atoms with Crippen LogP contribution in [0.2, 0.25) is 0 Å². The van der Waals surface area contributed by atoms with Crippen LogP contribution in [0.5, 0.6) is 0 Å². The first-order valence-electron chi connectivity index (χ1n) is 5.87. The van der Waals surface area contributed by atoms with Gasteiger partial charge >= 0.3 is 0 Å². The van der Waals surface area contributed by atoms with E-state index in [1.54, 1.807) is 7.05 Å². The van der Waals surface area contributed by atoms with E-state index in [1.807, 2.05) is 0 Å². The molecule has 1 aliphatic rings. The lowest BCUT2D eigenvalue weighted by Gasteiger charge is -2.35. The highest BCUT2D eigenvalue weighted by Gasteiger charge is 2.24. The van der Waals surface area contributed by atoms with E-state index in [0.29, 0.717) is 18.6 Å². The van der Waals surface area contributed by atoms with Crippen LogP contribution in [0.3, 0.4) is 0 Å². The Morgan fingerprint density at radius 2 is 2.27 bits per heavy atom. The van der Waals surface area contributed by atoms with Crippen molar-refractivity contribution in [2.45, 2.75) is 44.7 Å². The van der Waals surface area contributed by atoms with E-state index in [1.165, 1.54) is 12.8 Å². The number of hydrogen-bond donors (Lipinski definition) is 2. The predicted octanol–water partition coefficient (Wildman–Crippen LogP) is 0.324. The summed E-state index contributed by atoms with van der Waals surface area (Å²) in [5, 5.41) is 2.67. The van der Waals surface area contributed by atoms with Gasteiger partial charge < -0.3 is 11.1 Å². The summed E-state index contributed by atoms with van der Waals surface area (Å²) >= 11 is 0. The van der Waals surface area contributed by atoms with Gasteiger partial charge in [-0.1, -0.05) is 13.3 Å². The summed E-state index contributed by atoms with van der Waals surface area (Å²) in [5.41, 5.74) is 5.95. The molecule has 2 unspecified atom stereocenters. The Kier molecular flexibility index (Phi) is 5.05. The van der Waals surface area contributed by atoms with E-state index in [0.717, 1.165) is 19.4 Å². The topological polar surface area (TPSA) is 58.4 Å². The molecule has 1 aliphatic carbocycles. The number of amides is 1. The quantitative estimate of drug-likeness (QED) is 0.707. The van der Waals surface area contributed by atoms with Crippen LogP contribution in [0.15, 0.2) is 0 Å². The number of rotatable bonds is 4. The summed E-state index contributed by atoms with van der Waals surface area (Å²) < 4.78 is 0. The summed E-state index contributed by atoms with van der Waals surface area (Å²) in [6.07, 6.45) is 4.54. The molecular formula is C11H23N3O. The Bertz CT molecular complexity index is 208. The monoisotopic (exact) mass is 213 g/mol. The maximum Gasteiger partial charge on any atom is 0.233 e. The van der Waals surface area contributed by atoms with Crippen LogP contribution in [-0.4, -0.2) is 43.0 Å². The smallest absolute Gasteiger partial charge is 0.233 e. The van der Waals surface area contributed by atoms with Crippen molar-refractivity contribution in [3.63, 3.8) is 0 Å². The molecule has 0 aromatic carbocycles. The standard InChI is InChI=1S/C11H23N3O/c1-3-14(8-11(15)13-2)10-6-4-5-9(12)7-10/h9-10H,3-8,12H2,1-2H3,(H,13,15). The van der Waals surface area contributed by atoms with Gasteiger partial charge in [-0.05, 0) is 25.8 Å². The van der Waals surface area contributed by atoms with Gasteiger partial charge in [0, 0.05) is 19.1 Å². The maximum atomic E-state index is 11.3. The molecule has 0 radical (unpaired) electrons. The Morgan fingerprint density at radius 3 is 2.80 bits per heavy atom. The van der Waals surface area contributed by atoms with Crippen molar-refractivity contribution in [1.29, 1.82) is 0 Å². The van der Waals surface area contributed by atoms with E-state index < -0.39 is 0 Å². The van der Waals surface area contributed by atoms with Crippen LogP contribution in [0.25, 0.3) is 0 Å². The molecule has 3 N–H and O–H groups in total. The third kappa shape index (κ3) is 3.80. The molecule has 0 aromatic rings. The number of nitrogens with zero attached hydrogens (tertiary/aromatic N) is 1. The van der Waals surface area contributed by atoms with Crippen LogP contribution >= 0.6 is 0 Å². The van der Waals surface area contributed by atoms with Gasteiger partial charge in [-0.15, -0.1) is 0 Å². The van der Waals surface area contributed by atoms with Crippen molar-refractivity contribution in [3.05, 3.63) is 0 Å². The van der Waals surface area contributed by atoms with Gasteiger partial charge in [0.15, 0.2) is 0 Å². The minimum Gasteiger partial charge on any atom is -0.358 e. The molecule has 0 saturated heterocycles. The first-order chi connectivity index (χ1) is 7.17. The average Bonchev–Trinajstić information content (AvgIpc) is 2.25. The molecule has 0 aromatic heterocycles. The molecule has 0 aliphatic heterocycles. The zero-order valence-electron chi connectivity index (χ0n) is 9.83. The molecule has 1 fully saturated rings. The molecule has 2 atom stereocenters. The largest absolute Gasteiger partial charge is 0.358 e. The molecule has 0 bridgehead atoms. The van der Waals surface area contributed by atoms with Crippen molar-refractivity contribution in [3.8, 4) is 0 Å². The Morgan fingerprint density at radius 1 is 1.53 bits per heavy atom. The van der Waals surface area contributed by atoms with Gasteiger partial charge in [0.25, 0.3) is 0 Å². The van der Waals surface area contributed by atoms with Crippen LogP contribution < -0.4 is 11.1 Å². The first kappa shape index (κ1) is 12.5. The fourth-order valence-electron chi connectivity index (χ4n) is 2.30. The van der Waals surface area contributed by atoms with E-state index in [4.69, 9.17) is 5.73 Å². The van der Waals surface area contributed by atoms with E-state index in [2.05, 4.69) is 17.1 Å². The minimum atomic E-state index is 0.0935. The summed E-state index contributed by atoms with van der Waals surface area (Å²) in [6.45, 7) is 3.53. The Hall–Kier alpha value is -0.610. The SMILES string of the molecule is CCN(CC(=O)NC)C1CCCC(N)C1. The van der Waals surface area contributed by atoms with Gasteiger partial charge in [-0.25, -0.2) is 0 Å². The van der Waals surface area contributed by atoms with E-state index >= 15 is 0 Å². The lowest BCUT2D eigenvalue weighted by molar-refractivity contribution is -0.122. The fourth-order valence-corrected chi connectivity index (χ4v) is 2.30. The zero-order valence-corrected chi connectivity index (χ0v) is 9.83. The van der Waals surface area contributed by atoms with Crippen LogP contribution in [0.1, 0.15) is 32.6 Å². The lowest BCUT2D eigenvalue weighted by atomic mass is 9.90. The number of likely N-dealkylation sites (N-methyl/N-ethyl adjacent to an activating group) is 2. The van der Waals surface area contributed by atoms with Crippen LogP contribution in [-0.2, 0) is 4.79 Å². The van der Waals surface area contributed by atoms with Gasteiger partial charge in [0.2, 0.25) is 5.91 Å². The second kappa shape index (κ2) is 6.08. The number of hydrogen-bond acceptors (Lipinski definition) is 3. The van der Waals surface area contributed by atoms with E-state index in [-0.39, 0.29) is 5.91 Å². The summed E-state index contributed by atoms with van der Waals surface area (Å²) in [6, 6.07) is 0.818. The highest BCUT2D eigenvalue weighted by Crippen LogP contribution is 2.21. The highest BCUT2D eigenvalue weighted by molar-refractivity contribution is 5.77. The number of nitrogens with two attached hydrogens (primary N) is 1. The average molecular weight is 213 g/mol. The summed E-state index contributed by atoms with van der Waals surface area (Å²) in [7, 11) is 1.68. The first-order valence-corrected chi connectivity index (χ1v) is 5.87. The van der Waals surface area contributed by atoms with Crippen molar-refractivity contribution >= 4 is 5.91 Å². The molecule has 1 amide bonds. The van der Waals surface area contributed by atoms with Gasteiger partial charge in [0.1, 0.15) is 0 Å². The molecule has 4 nitrogen and oxygen atoms in total. The molecule has 0 heterocycles. The highest BCUT2D eigenvalue weighted by atomic mass is 16.1. The van der Waals surface area contributed by atoms with Crippen LogP contribution in [0, 0.1) is 0 Å². The normalized spacial score (nSPS) is 26.7. The Balaban J connectivity index is 2.45. The molecular weight excluding hydrogens is 190 g/mol. The minimum absolute atomic E-state index is 0.0935. The molecule has 1 rings (SSSR count). The van der Waals surface area contributed by atoms with Crippen molar-refractivity contribution in [1.82, 2.24) is 10.2 Å². The molecule has 15 heavy (non-hydrogen) atoms. The Labute approximate surface area is 92.2 Å².